The zero-order valence-corrected chi connectivity index (χ0v) is 13.7. The van der Waals surface area contributed by atoms with Crippen molar-refractivity contribution in [3.8, 4) is 0 Å². The summed E-state index contributed by atoms with van der Waals surface area (Å²) in [5, 5.41) is 5.34. The van der Waals surface area contributed by atoms with E-state index < -0.39 is 11.6 Å². The van der Waals surface area contributed by atoms with Crippen LogP contribution in [0.3, 0.4) is 0 Å². The molecule has 0 aromatic heterocycles. The van der Waals surface area contributed by atoms with Gasteiger partial charge < -0.3 is 10.6 Å². The Bertz CT molecular complexity index is 806. The maximum absolute atomic E-state index is 13.8. The lowest BCUT2D eigenvalue weighted by atomic mass is 10.1. The molecule has 2 N–H and O–H groups in total. The van der Waals surface area contributed by atoms with Crippen molar-refractivity contribution in [1.82, 2.24) is 5.32 Å². The van der Waals surface area contributed by atoms with E-state index in [0.717, 1.165) is 11.6 Å². The topological polar surface area (TPSA) is 58.2 Å². The summed E-state index contributed by atoms with van der Waals surface area (Å²) in [6, 6.07) is 10.4. The standard InChI is InChI=1S/C19H18F2N2O2/c1-22-18(24)8-11-2-5-13(6-3-11)23-19(25)16-10-15(16)14-7-4-12(20)9-17(14)21/h2-7,9,15-16H,8,10H2,1H3,(H,22,24)(H,23,25)/t15-,16-/m0/s1. The molecule has 2 aromatic carbocycles. The monoisotopic (exact) mass is 344 g/mol. The first-order chi connectivity index (χ1) is 12.0. The number of hydrogen-bond donors (Lipinski definition) is 2. The Kier molecular flexibility index (Phi) is 4.79. The average molecular weight is 344 g/mol. The number of halogens is 2. The van der Waals surface area contributed by atoms with Gasteiger partial charge in [0.2, 0.25) is 11.8 Å². The molecule has 6 heteroatoms. The van der Waals surface area contributed by atoms with E-state index in [-0.39, 0.29) is 30.1 Å². The summed E-state index contributed by atoms with van der Waals surface area (Å²) in [4.78, 5) is 23.6. The molecule has 0 spiro atoms. The third-order valence-corrected chi connectivity index (χ3v) is 4.35. The summed E-state index contributed by atoms with van der Waals surface area (Å²) in [6.07, 6.45) is 0.822. The van der Waals surface area contributed by atoms with Gasteiger partial charge in [-0.15, -0.1) is 0 Å². The van der Waals surface area contributed by atoms with Crippen molar-refractivity contribution >= 4 is 17.5 Å². The van der Waals surface area contributed by atoms with Gasteiger partial charge in [0.15, 0.2) is 0 Å². The molecular formula is C19H18F2N2O2. The lowest BCUT2D eigenvalue weighted by molar-refractivity contribution is -0.120. The summed E-state index contributed by atoms with van der Waals surface area (Å²) in [5.74, 6) is -2.04. The third-order valence-electron chi connectivity index (χ3n) is 4.35. The molecule has 2 aromatic rings. The minimum absolute atomic E-state index is 0.0843. The first kappa shape index (κ1) is 17.1. The molecule has 0 saturated heterocycles. The van der Waals surface area contributed by atoms with Crippen molar-refractivity contribution in [2.75, 3.05) is 12.4 Å². The lowest BCUT2D eigenvalue weighted by Crippen LogP contribution is -2.20. The fourth-order valence-electron chi connectivity index (χ4n) is 2.85. The van der Waals surface area contributed by atoms with Crippen molar-refractivity contribution in [2.45, 2.75) is 18.8 Å². The number of rotatable bonds is 5. The Morgan fingerprint density at radius 3 is 2.48 bits per heavy atom. The van der Waals surface area contributed by atoms with E-state index in [1.807, 2.05) is 0 Å². The van der Waals surface area contributed by atoms with Gasteiger partial charge in [0.25, 0.3) is 0 Å². The lowest BCUT2D eigenvalue weighted by Gasteiger charge is -2.07. The van der Waals surface area contributed by atoms with Crippen LogP contribution in [0, 0.1) is 17.6 Å². The quantitative estimate of drug-likeness (QED) is 0.876. The van der Waals surface area contributed by atoms with Gasteiger partial charge in [-0.2, -0.15) is 0 Å². The molecule has 1 aliphatic carbocycles. The maximum atomic E-state index is 13.8. The second-order valence-electron chi connectivity index (χ2n) is 6.15. The highest BCUT2D eigenvalue weighted by Gasteiger charge is 2.45. The number of likely N-dealkylation sites (N-methyl/N-ethyl adjacent to an activating group) is 1. The van der Waals surface area contributed by atoms with Crippen molar-refractivity contribution < 1.29 is 18.4 Å². The van der Waals surface area contributed by atoms with Crippen LogP contribution in [0.5, 0.6) is 0 Å². The summed E-state index contributed by atoms with van der Waals surface area (Å²) in [5.41, 5.74) is 1.84. The van der Waals surface area contributed by atoms with Crippen LogP contribution in [0.4, 0.5) is 14.5 Å². The molecule has 1 aliphatic rings. The number of amides is 2. The van der Waals surface area contributed by atoms with E-state index in [1.54, 1.807) is 31.3 Å². The van der Waals surface area contributed by atoms with Crippen LogP contribution in [0.1, 0.15) is 23.5 Å². The number of hydrogen-bond acceptors (Lipinski definition) is 2. The highest BCUT2D eigenvalue weighted by atomic mass is 19.1. The minimum Gasteiger partial charge on any atom is -0.359 e. The van der Waals surface area contributed by atoms with E-state index in [0.29, 0.717) is 17.7 Å². The van der Waals surface area contributed by atoms with E-state index in [2.05, 4.69) is 10.6 Å². The minimum atomic E-state index is -0.625. The molecule has 130 valence electrons. The van der Waals surface area contributed by atoms with Gasteiger partial charge >= 0.3 is 0 Å². The summed E-state index contributed by atoms with van der Waals surface area (Å²) < 4.78 is 26.7. The highest BCUT2D eigenvalue weighted by molar-refractivity contribution is 5.95. The molecule has 0 aliphatic heterocycles. The number of carbonyl (C=O) groups excluding carboxylic acids is 2. The van der Waals surface area contributed by atoms with Crippen molar-refractivity contribution in [3.05, 3.63) is 65.2 Å². The molecule has 0 unspecified atom stereocenters. The molecule has 2 amide bonds. The van der Waals surface area contributed by atoms with Gasteiger partial charge in [-0.25, -0.2) is 8.78 Å². The second kappa shape index (κ2) is 7.01. The molecule has 0 radical (unpaired) electrons. The fraction of sp³-hybridized carbons (Fsp3) is 0.263. The van der Waals surface area contributed by atoms with Gasteiger partial charge in [-0.1, -0.05) is 18.2 Å². The normalized spacial score (nSPS) is 18.5. The van der Waals surface area contributed by atoms with E-state index in [1.165, 1.54) is 12.1 Å². The summed E-state index contributed by atoms with van der Waals surface area (Å²) in [6.45, 7) is 0. The zero-order valence-electron chi connectivity index (χ0n) is 13.7. The molecule has 0 bridgehead atoms. The average Bonchev–Trinajstić information content (AvgIpc) is 3.37. The van der Waals surface area contributed by atoms with Gasteiger partial charge in [0, 0.05) is 24.7 Å². The van der Waals surface area contributed by atoms with Gasteiger partial charge in [0.1, 0.15) is 11.6 Å². The smallest absolute Gasteiger partial charge is 0.228 e. The van der Waals surface area contributed by atoms with Gasteiger partial charge in [0.05, 0.1) is 6.42 Å². The van der Waals surface area contributed by atoms with Crippen LogP contribution in [0.15, 0.2) is 42.5 Å². The van der Waals surface area contributed by atoms with E-state index >= 15 is 0 Å². The van der Waals surface area contributed by atoms with E-state index in [9.17, 15) is 18.4 Å². The molecule has 25 heavy (non-hydrogen) atoms. The third kappa shape index (κ3) is 4.02. The van der Waals surface area contributed by atoms with Gasteiger partial charge in [-0.05, 0) is 41.7 Å². The zero-order chi connectivity index (χ0) is 18.0. The van der Waals surface area contributed by atoms with Crippen LogP contribution in [-0.4, -0.2) is 18.9 Å². The number of anilines is 1. The molecule has 3 rings (SSSR count). The van der Waals surface area contributed by atoms with Crippen molar-refractivity contribution in [2.24, 2.45) is 5.92 Å². The Balaban J connectivity index is 1.59. The molecule has 1 saturated carbocycles. The predicted octanol–water partition coefficient (Wildman–Crippen LogP) is 3.00. The number of benzene rings is 2. The van der Waals surface area contributed by atoms with Crippen LogP contribution in [0.2, 0.25) is 0 Å². The van der Waals surface area contributed by atoms with Crippen LogP contribution < -0.4 is 10.6 Å². The Morgan fingerprint density at radius 2 is 1.84 bits per heavy atom. The number of carbonyl (C=O) groups is 2. The Hall–Kier alpha value is -2.76. The Labute approximate surface area is 144 Å². The largest absolute Gasteiger partial charge is 0.359 e. The van der Waals surface area contributed by atoms with Crippen LogP contribution >= 0.6 is 0 Å². The molecule has 4 nitrogen and oxygen atoms in total. The van der Waals surface area contributed by atoms with Crippen LogP contribution in [0.25, 0.3) is 0 Å². The summed E-state index contributed by atoms with van der Waals surface area (Å²) >= 11 is 0. The fourth-order valence-corrected chi connectivity index (χ4v) is 2.85. The van der Waals surface area contributed by atoms with E-state index in [4.69, 9.17) is 0 Å². The molecular weight excluding hydrogens is 326 g/mol. The second-order valence-corrected chi connectivity index (χ2v) is 6.15. The predicted molar refractivity (Wildman–Crippen MR) is 90.0 cm³/mol. The molecule has 0 heterocycles. The number of nitrogens with one attached hydrogen (secondary N) is 2. The van der Waals surface area contributed by atoms with Gasteiger partial charge in [-0.3, -0.25) is 9.59 Å². The summed E-state index contributed by atoms with van der Waals surface area (Å²) in [7, 11) is 1.58. The first-order valence-corrected chi connectivity index (χ1v) is 8.03. The molecule has 2 atom stereocenters. The first-order valence-electron chi connectivity index (χ1n) is 8.03. The Morgan fingerprint density at radius 1 is 1.12 bits per heavy atom. The van der Waals surface area contributed by atoms with Crippen molar-refractivity contribution in [3.63, 3.8) is 0 Å². The SMILES string of the molecule is CNC(=O)Cc1ccc(NC(=O)[C@H]2C[C@H]2c2ccc(F)cc2F)cc1. The van der Waals surface area contributed by atoms with Crippen molar-refractivity contribution in [1.29, 1.82) is 0 Å². The maximum Gasteiger partial charge on any atom is 0.228 e. The molecule has 1 fully saturated rings. The highest BCUT2D eigenvalue weighted by Crippen LogP contribution is 2.48. The van der Waals surface area contributed by atoms with Crippen LogP contribution in [-0.2, 0) is 16.0 Å².